The van der Waals surface area contributed by atoms with Crippen molar-refractivity contribution in [2.24, 2.45) is 11.8 Å². The molecule has 1 fully saturated rings. The number of sulfonamides is 1. The summed E-state index contributed by atoms with van der Waals surface area (Å²) in [6, 6.07) is 5.67. The fraction of sp³-hybridized carbons (Fsp3) is 0.357. The second-order valence-electron chi connectivity index (χ2n) is 5.17. The molecular formula is C14H13ClN2O4S. The van der Waals surface area contributed by atoms with Crippen molar-refractivity contribution in [3.8, 4) is 6.07 Å². The zero-order chi connectivity index (χ0) is 16.5. The second kappa shape index (κ2) is 6.07. The number of hydrogen-bond acceptors (Lipinski definition) is 5. The summed E-state index contributed by atoms with van der Waals surface area (Å²) >= 11 is 5.98. The first-order valence-electron chi connectivity index (χ1n) is 6.48. The molecule has 1 saturated carbocycles. The van der Waals surface area contributed by atoms with Gasteiger partial charge in [-0.3, -0.25) is 14.3 Å². The van der Waals surface area contributed by atoms with Gasteiger partial charge in [-0.05, 0) is 31.0 Å². The number of benzene rings is 1. The summed E-state index contributed by atoms with van der Waals surface area (Å²) in [6.07, 6.45) is 2.39. The zero-order valence-electron chi connectivity index (χ0n) is 11.7. The molecule has 1 aliphatic rings. The van der Waals surface area contributed by atoms with Gasteiger partial charge in [0.15, 0.2) is 17.5 Å². The van der Waals surface area contributed by atoms with Crippen LogP contribution in [0.5, 0.6) is 0 Å². The van der Waals surface area contributed by atoms with E-state index in [0.29, 0.717) is 12.8 Å². The predicted octanol–water partition coefficient (Wildman–Crippen LogP) is 2.01. The molecule has 1 unspecified atom stereocenters. The molecule has 6 nitrogen and oxygen atoms in total. The molecule has 0 radical (unpaired) electrons. The van der Waals surface area contributed by atoms with Crippen LogP contribution in [0.4, 0.5) is 5.69 Å². The maximum absolute atomic E-state index is 12.3. The number of carbonyl (C=O) groups excluding carboxylic acids is 2. The Labute approximate surface area is 133 Å². The fourth-order valence-electron chi connectivity index (χ4n) is 2.00. The highest BCUT2D eigenvalue weighted by molar-refractivity contribution is 7.92. The summed E-state index contributed by atoms with van der Waals surface area (Å²) in [7, 11) is -3.46. The van der Waals surface area contributed by atoms with Crippen LogP contribution in [0.2, 0.25) is 5.02 Å². The summed E-state index contributed by atoms with van der Waals surface area (Å²) in [5.74, 6) is -2.60. The SMILES string of the molecule is CS(=O)(=O)Nc1ccc(C(=O)C(C#N)C(=O)C2CC2)c(Cl)c1. The van der Waals surface area contributed by atoms with Gasteiger partial charge in [-0.15, -0.1) is 0 Å². The van der Waals surface area contributed by atoms with Gasteiger partial charge in [0.25, 0.3) is 0 Å². The van der Waals surface area contributed by atoms with Gasteiger partial charge < -0.3 is 0 Å². The molecule has 0 aromatic heterocycles. The van der Waals surface area contributed by atoms with Crippen molar-refractivity contribution in [3.63, 3.8) is 0 Å². The van der Waals surface area contributed by atoms with Gasteiger partial charge in [0.2, 0.25) is 10.0 Å². The first-order valence-corrected chi connectivity index (χ1v) is 8.75. The zero-order valence-corrected chi connectivity index (χ0v) is 13.2. The Bertz CT molecular complexity index is 779. The van der Waals surface area contributed by atoms with Gasteiger partial charge in [-0.2, -0.15) is 5.26 Å². The van der Waals surface area contributed by atoms with E-state index in [4.69, 9.17) is 16.9 Å². The smallest absolute Gasteiger partial charge is 0.229 e. The lowest BCUT2D eigenvalue weighted by Gasteiger charge is -2.10. The topological polar surface area (TPSA) is 104 Å². The number of Topliss-reactive ketones (excluding diaryl/α,β-unsaturated/α-hetero) is 2. The highest BCUT2D eigenvalue weighted by Gasteiger charge is 2.39. The number of nitrogens with zero attached hydrogens (tertiary/aromatic N) is 1. The second-order valence-corrected chi connectivity index (χ2v) is 7.33. The van der Waals surface area contributed by atoms with E-state index in [1.54, 1.807) is 6.07 Å². The Morgan fingerprint density at radius 1 is 1.41 bits per heavy atom. The molecule has 0 bridgehead atoms. The van der Waals surface area contributed by atoms with Crippen LogP contribution in [-0.4, -0.2) is 26.2 Å². The third-order valence-electron chi connectivity index (χ3n) is 3.19. The molecule has 8 heteroatoms. The number of nitriles is 1. The minimum Gasteiger partial charge on any atom is -0.297 e. The van der Waals surface area contributed by atoms with Crippen LogP contribution < -0.4 is 4.72 Å². The highest BCUT2D eigenvalue weighted by atomic mass is 35.5. The van der Waals surface area contributed by atoms with Gasteiger partial charge in [-0.25, -0.2) is 8.42 Å². The van der Waals surface area contributed by atoms with Gasteiger partial charge >= 0.3 is 0 Å². The van der Waals surface area contributed by atoms with Crippen molar-refractivity contribution in [3.05, 3.63) is 28.8 Å². The minimum atomic E-state index is -3.46. The van der Waals surface area contributed by atoms with E-state index in [2.05, 4.69) is 4.72 Å². The third kappa shape index (κ3) is 3.84. The van der Waals surface area contributed by atoms with Crippen molar-refractivity contribution in [1.29, 1.82) is 5.26 Å². The lowest BCUT2D eigenvalue weighted by molar-refractivity contribution is -0.121. The molecule has 116 valence electrons. The first kappa shape index (κ1) is 16.5. The molecular weight excluding hydrogens is 328 g/mol. The van der Waals surface area contributed by atoms with Gasteiger partial charge in [0.1, 0.15) is 0 Å². The van der Waals surface area contributed by atoms with Crippen molar-refractivity contribution in [1.82, 2.24) is 0 Å². The summed E-state index contributed by atoms with van der Waals surface area (Å²) in [6.45, 7) is 0. The van der Waals surface area contributed by atoms with E-state index < -0.39 is 21.7 Å². The normalized spacial score (nSPS) is 15.7. The maximum Gasteiger partial charge on any atom is 0.229 e. The molecule has 0 aliphatic heterocycles. The monoisotopic (exact) mass is 340 g/mol. The number of nitrogens with one attached hydrogen (secondary N) is 1. The quantitative estimate of drug-likeness (QED) is 0.630. The van der Waals surface area contributed by atoms with Crippen molar-refractivity contribution >= 4 is 38.9 Å². The Morgan fingerprint density at radius 2 is 2.05 bits per heavy atom. The maximum atomic E-state index is 12.3. The molecule has 1 N–H and O–H groups in total. The van der Waals surface area contributed by atoms with E-state index in [0.717, 1.165) is 6.26 Å². The molecule has 2 rings (SSSR count). The van der Waals surface area contributed by atoms with Gasteiger partial charge in [0.05, 0.1) is 17.3 Å². The van der Waals surface area contributed by atoms with Crippen LogP contribution >= 0.6 is 11.6 Å². The Hall–Kier alpha value is -1.91. The van der Waals surface area contributed by atoms with E-state index >= 15 is 0 Å². The number of ketones is 2. The third-order valence-corrected chi connectivity index (χ3v) is 4.11. The lowest BCUT2D eigenvalue weighted by Crippen LogP contribution is -2.24. The van der Waals surface area contributed by atoms with Crippen LogP contribution in [0, 0.1) is 23.2 Å². The molecule has 0 saturated heterocycles. The van der Waals surface area contributed by atoms with E-state index in [1.165, 1.54) is 18.2 Å². The minimum absolute atomic E-state index is 0.0116. The molecule has 1 aliphatic carbocycles. The molecule has 1 aromatic carbocycles. The fourth-order valence-corrected chi connectivity index (χ4v) is 2.83. The van der Waals surface area contributed by atoms with E-state index in [-0.39, 0.29) is 28.0 Å². The molecule has 0 amide bonds. The first-order chi connectivity index (χ1) is 10.2. The van der Waals surface area contributed by atoms with Crippen LogP contribution in [0.1, 0.15) is 23.2 Å². The van der Waals surface area contributed by atoms with E-state index in [1.807, 2.05) is 0 Å². The average Bonchev–Trinajstić information content (AvgIpc) is 3.21. The predicted molar refractivity (Wildman–Crippen MR) is 81.1 cm³/mol. The highest BCUT2D eigenvalue weighted by Crippen LogP contribution is 2.34. The van der Waals surface area contributed by atoms with Crippen molar-refractivity contribution < 1.29 is 18.0 Å². The summed E-state index contributed by atoms with van der Waals surface area (Å²) in [5.41, 5.74) is 0.229. The Kier molecular flexibility index (Phi) is 4.54. The van der Waals surface area contributed by atoms with Crippen LogP contribution in [-0.2, 0) is 14.8 Å². The Morgan fingerprint density at radius 3 is 2.50 bits per heavy atom. The van der Waals surface area contributed by atoms with Gasteiger partial charge in [0, 0.05) is 17.2 Å². The summed E-state index contributed by atoms with van der Waals surface area (Å²) in [4.78, 5) is 24.2. The molecule has 22 heavy (non-hydrogen) atoms. The van der Waals surface area contributed by atoms with E-state index in [9.17, 15) is 18.0 Å². The number of carbonyl (C=O) groups is 2. The molecule has 1 atom stereocenters. The van der Waals surface area contributed by atoms with Crippen LogP contribution in [0.25, 0.3) is 0 Å². The van der Waals surface area contributed by atoms with Gasteiger partial charge in [-0.1, -0.05) is 11.6 Å². The Balaban J connectivity index is 2.26. The number of hydrogen-bond donors (Lipinski definition) is 1. The number of halogens is 1. The van der Waals surface area contributed by atoms with Crippen molar-refractivity contribution in [2.75, 3.05) is 11.0 Å². The largest absolute Gasteiger partial charge is 0.297 e. The average molecular weight is 341 g/mol. The van der Waals surface area contributed by atoms with Crippen LogP contribution in [0.15, 0.2) is 18.2 Å². The standard InChI is InChI=1S/C14H13ClN2O4S/c1-22(20,21)17-9-4-5-10(12(15)6-9)14(19)11(7-16)13(18)8-2-3-8/h4-6,8,11,17H,2-3H2,1H3. The van der Waals surface area contributed by atoms with Crippen LogP contribution in [0.3, 0.4) is 0 Å². The molecule has 0 heterocycles. The van der Waals surface area contributed by atoms with Crippen molar-refractivity contribution in [2.45, 2.75) is 12.8 Å². The number of rotatable bonds is 6. The summed E-state index contributed by atoms with van der Waals surface area (Å²) < 4.78 is 24.5. The summed E-state index contributed by atoms with van der Waals surface area (Å²) in [5, 5.41) is 9.07. The molecule has 0 spiro atoms. The molecule has 1 aromatic rings. The lowest BCUT2D eigenvalue weighted by atomic mass is 9.92. The number of anilines is 1.